The Hall–Kier alpha value is -1.51. The molecule has 2 aromatic rings. The average Bonchev–Trinajstić information content (AvgIpc) is 2.43. The fourth-order valence-electron chi connectivity index (χ4n) is 2.71. The topological polar surface area (TPSA) is 32.3 Å². The Morgan fingerprint density at radius 2 is 1.85 bits per heavy atom. The van der Waals surface area contributed by atoms with Gasteiger partial charge in [0.2, 0.25) is 0 Å². The van der Waals surface area contributed by atoms with Crippen molar-refractivity contribution in [2.24, 2.45) is 0 Å². The Kier molecular flexibility index (Phi) is 3.95. The molecule has 0 bridgehead atoms. The van der Waals surface area contributed by atoms with Crippen LogP contribution in [0.2, 0.25) is 5.02 Å². The summed E-state index contributed by atoms with van der Waals surface area (Å²) in [7, 11) is 0. The number of aliphatic hydroxyl groups excluding tert-OH is 1. The summed E-state index contributed by atoms with van der Waals surface area (Å²) in [5.41, 5.74) is 3.41. The van der Waals surface area contributed by atoms with E-state index in [1.54, 1.807) is 0 Å². The molecule has 2 N–H and O–H groups in total. The maximum absolute atomic E-state index is 9.02. The standard InChI is InChI=1S/C17H18ClNO/c18-15-3-1-2-13(8-15)14-9-17(10-14)19-16-6-4-12(11-20)5-7-16/h1-8,14,17,19-20H,9-11H2. The van der Waals surface area contributed by atoms with E-state index in [1.807, 2.05) is 36.4 Å². The lowest BCUT2D eigenvalue weighted by molar-refractivity contribution is 0.282. The van der Waals surface area contributed by atoms with Gasteiger partial charge in [0.1, 0.15) is 0 Å². The molecule has 2 aromatic carbocycles. The molecule has 0 aliphatic heterocycles. The van der Waals surface area contributed by atoms with Gasteiger partial charge in [0.05, 0.1) is 6.61 Å². The summed E-state index contributed by atoms with van der Waals surface area (Å²) in [6.45, 7) is 0.0978. The summed E-state index contributed by atoms with van der Waals surface area (Å²) >= 11 is 6.03. The maximum atomic E-state index is 9.02. The summed E-state index contributed by atoms with van der Waals surface area (Å²) in [5.74, 6) is 0.614. The second-order valence-corrected chi connectivity index (χ2v) is 5.86. The molecule has 3 heteroatoms. The monoisotopic (exact) mass is 287 g/mol. The van der Waals surface area contributed by atoms with Crippen LogP contribution in [0.5, 0.6) is 0 Å². The first-order valence-corrected chi connectivity index (χ1v) is 7.34. The van der Waals surface area contributed by atoms with Gasteiger partial charge in [-0.3, -0.25) is 0 Å². The molecule has 0 saturated heterocycles. The number of aliphatic hydroxyl groups is 1. The quantitative estimate of drug-likeness (QED) is 0.884. The smallest absolute Gasteiger partial charge is 0.0681 e. The number of nitrogens with one attached hydrogen (secondary N) is 1. The minimum absolute atomic E-state index is 0.0978. The van der Waals surface area contributed by atoms with Gasteiger partial charge >= 0.3 is 0 Å². The highest BCUT2D eigenvalue weighted by molar-refractivity contribution is 6.30. The molecule has 3 rings (SSSR count). The lowest BCUT2D eigenvalue weighted by atomic mass is 9.76. The Balaban J connectivity index is 1.55. The summed E-state index contributed by atoms with van der Waals surface area (Å²) in [4.78, 5) is 0. The van der Waals surface area contributed by atoms with Gasteiger partial charge in [0.15, 0.2) is 0 Å². The van der Waals surface area contributed by atoms with Gasteiger partial charge in [-0.2, -0.15) is 0 Å². The number of hydrogen-bond donors (Lipinski definition) is 2. The lowest BCUT2D eigenvalue weighted by Gasteiger charge is -2.37. The molecule has 0 radical (unpaired) electrons. The normalized spacial score (nSPS) is 21.3. The molecule has 0 atom stereocenters. The molecule has 2 nitrogen and oxygen atoms in total. The van der Waals surface area contributed by atoms with Crippen LogP contribution in [0.4, 0.5) is 5.69 Å². The number of hydrogen-bond acceptors (Lipinski definition) is 2. The van der Waals surface area contributed by atoms with Crippen LogP contribution < -0.4 is 5.32 Å². The van der Waals surface area contributed by atoms with Crippen molar-refractivity contribution in [1.29, 1.82) is 0 Å². The van der Waals surface area contributed by atoms with Crippen LogP contribution in [0, 0.1) is 0 Å². The van der Waals surface area contributed by atoms with Crippen molar-refractivity contribution in [2.75, 3.05) is 5.32 Å². The zero-order chi connectivity index (χ0) is 13.9. The summed E-state index contributed by atoms with van der Waals surface area (Å²) < 4.78 is 0. The summed E-state index contributed by atoms with van der Waals surface area (Å²) in [5, 5.41) is 13.4. The Labute approximate surface area is 124 Å². The van der Waals surface area contributed by atoms with Crippen LogP contribution in [0.25, 0.3) is 0 Å². The molecule has 1 fully saturated rings. The Bertz CT molecular complexity index is 576. The Morgan fingerprint density at radius 1 is 1.10 bits per heavy atom. The fourth-order valence-corrected chi connectivity index (χ4v) is 2.91. The first-order chi connectivity index (χ1) is 9.74. The number of halogens is 1. The number of rotatable bonds is 4. The van der Waals surface area contributed by atoms with Crippen molar-refractivity contribution < 1.29 is 5.11 Å². The van der Waals surface area contributed by atoms with E-state index in [1.165, 1.54) is 5.56 Å². The van der Waals surface area contributed by atoms with Crippen molar-refractivity contribution in [2.45, 2.75) is 31.4 Å². The largest absolute Gasteiger partial charge is 0.392 e. The maximum Gasteiger partial charge on any atom is 0.0681 e. The molecule has 1 aliphatic carbocycles. The van der Waals surface area contributed by atoms with Crippen LogP contribution in [0.15, 0.2) is 48.5 Å². The zero-order valence-electron chi connectivity index (χ0n) is 11.2. The van der Waals surface area contributed by atoms with E-state index >= 15 is 0 Å². The third kappa shape index (κ3) is 2.97. The minimum atomic E-state index is 0.0978. The summed E-state index contributed by atoms with van der Waals surface area (Å²) in [6.07, 6.45) is 2.28. The van der Waals surface area contributed by atoms with Crippen molar-refractivity contribution in [3.63, 3.8) is 0 Å². The van der Waals surface area contributed by atoms with E-state index in [9.17, 15) is 0 Å². The van der Waals surface area contributed by atoms with Gasteiger partial charge in [-0.25, -0.2) is 0 Å². The fraction of sp³-hybridized carbons (Fsp3) is 0.294. The van der Waals surface area contributed by atoms with E-state index in [-0.39, 0.29) is 6.61 Å². The highest BCUT2D eigenvalue weighted by Crippen LogP contribution is 2.39. The van der Waals surface area contributed by atoms with E-state index in [0.29, 0.717) is 12.0 Å². The van der Waals surface area contributed by atoms with Crippen molar-refractivity contribution in [3.8, 4) is 0 Å². The van der Waals surface area contributed by atoms with Gasteiger partial charge < -0.3 is 10.4 Å². The van der Waals surface area contributed by atoms with Crippen molar-refractivity contribution in [3.05, 3.63) is 64.7 Å². The molecule has 20 heavy (non-hydrogen) atoms. The minimum Gasteiger partial charge on any atom is -0.392 e. The third-order valence-electron chi connectivity index (χ3n) is 3.97. The first kappa shape index (κ1) is 13.5. The zero-order valence-corrected chi connectivity index (χ0v) is 12.0. The SMILES string of the molecule is OCc1ccc(NC2CC(c3cccc(Cl)c3)C2)cc1. The van der Waals surface area contributed by atoms with Crippen molar-refractivity contribution in [1.82, 2.24) is 0 Å². The predicted octanol–water partition coefficient (Wildman–Crippen LogP) is 4.19. The number of benzene rings is 2. The molecule has 1 aliphatic rings. The van der Waals surface area contributed by atoms with Crippen LogP contribution in [0.3, 0.4) is 0 Å². The molecule has 1 saturated carbocycles. The van der Waals surface area contributed by atoms with E-state index < -0.39 is 0 Å². The average molecular weight is 288 g/mol. The van der Waals surface area contributed by atoms with E-state index in [2.05, 4.69) is 17.4 Å². The molecule has 104 valence electrons. The van der Waals surface area contributed by atoms with Crippen LogP contribution in [-0.4, -0.2) is 11.1 Å². The number of anilines is 1. The third-order valence-corrected chi connectivity index (χ3v) is 4.20. The van der Waals surface area contributed by atoms with Gasteiger partial charge in [0.25, 0.3) is 0 Å². The lowest BCUT2D eigenvalue weighted by Crippen LogP contribution is -2.33. The second kappa shape index (κ2) is 5.86. The van der Waals surface area contributed by atoms with Crippen LogP contribution >= 0.6 is 11.6 Å². The van der Waals surface area contributed by atoms with Gasteiger partial charge in [-0.15, -0.1) is 0 Å². The Morgan fingerprint density at radius 3 is 2.50 bits per heavy atom. The van der Waals surface area contributed by atoms with Crippen molar-refractivity contribution >= 4 is 17.3 Å². The van der Waals surface area contributed by atoms with E-state index in [0.717, 1.165) is 29.1 Å². The molecule has 0 spiro atoms. The molecule has 0 amide bonds. The molecular formula is C17H18ClNO. The highest BCUT2D eigenvalue weighted by Gasteiger charge is 2.30. The van der Waals surface area contributed by atoms with Gasteiger partial charge in [-0.1, -0.05) is 35.9 Å². The van der Waals surface area contributed by atoms with Crippen LogP contribution in [0.1, 0.15) is 29.9 Å². The first-order valence-electron chi connectivity index (χ1n) is 6.96. The molecular weight excluding hydrogens is 270 g/mol. The highest BCUT2D eigenvalue weighted by atomic mass is 35.5. The van der Waals surface area contributed by atoms with Gasteiger partial charge in [0, 0.05) is 16.8 Å². The van der Waals surface area contributed by atoms with E-state index in [4.69, 9.17) is 16.7 Å². The second-order valence-electron chi connectivity index (χ2n) is 5.42. The van der Waals surface area contributed by atoms with Gasteiger partial charge in [-0.05, 0) is 54.2 Å². The molecule has 0 unspecified atom stereocenters. The summed E-state index contributed by atoms with van der Waals surface area (Å²) in [6, 6.07) is 16.6. The molecule has 0 heterocycles. The van der Waals surface area contributed by atoms with Crippen LogP contribution in [-0.2, 0) is 6.61 Å². The molecule has 0 aromatic heterocycles. The predicted molar refractivity (Wildman–Crippen MR) is 83.2 cm³/mol.